The number of aromatic nitrogens is 2. The largest absolute Gasteiger partial charge is 0.338 e. The topological polar surface area (TPSA) is 54.2 Å². The van der Waals surface area contributed by atoms with Gasteiger partial charge in [-0.1, -0.05) is 5.16 Å². The van der Waals surface area contributed by atoms with E-state index in [0.717, 1.165) is 43.8 Å². The molecule has 5 nitrogen and oxygen atoms in total. The van der Waals surface area contributed by atoms with Crippen LogP contribution < -0.4 is 5.32 Å². The number of nitrogens with one attached hydrogen (secondary N) is 1. The zero-order chi connectivity index (χ0) is 11.7. The highest BCUT2D eigenvalue weighted by Gasteiger charge is 2.29. The maximum atomic E-state index is 5.30. The molecule has 0 amide bonds. The van der Waals surface area contributed by atoms with Gasteiger partial charge in [0.25, 0.3) is 0 Å². The SMILES string of the molecule is CNCC1CCN(Cc2nc(C3CC3)no2)C1. The van der Waals surface area contributed by atoms with Crippen LogP contribution in [0.3, 0.4) is 0 Å². The van der Waals surface area contributed by atoms with Crippen LogP contribution in [0.15, 0.2) is 4.52 Å². The van der Waals surface area contributed by atoms with Crippen molar-refractivity contribution in [3.63, 3.8) is 0 Å². The first-order valence-electron chi connectivity index (χ1n) is 6.54. The first-order valence-corrected chi connectivity index (χ1v) is 6.54. The lowest BCUT2D eigenvalue weighted by Crippen LogP contribution is -2.24. The fourth-order valence-corrected chi connectivity index (χ4v) is 2.54. The Balaban J connectivity index is 1.52. The third-order valence-corrected chi connectivity index (χ3v) is 3.65. The summed E-state index contributed by atoms with van der Waals surface area (Å²) in [5.74, 6) is 3.07. The molecule has 2 aliphatic rings. The fraction of sp³-hybridized carbons (Fsp3) is 0.833. The molecule has 94 valence electrons. The van der Waals surface area contributed by atoms with Crippen LogP contribution >= 0.6 is 0 Å². The van der Waals surface area contributed by atoms with E-state index in [0.29, 0.717) is 5.92 Å². The lowest BCUT2D eigenvalue weighted by Gasteiger charge is -2.12. The molecule has 1 aliphatic carbocycles. The van der Waals surface area contributed by atoms with Crippen LogP contribution in [0.5, 0.6) is 0 Å². The molecule has 1 aromatic heterocycles. The molecule has 5 heteroatoms. The molecule has 1 unspecified atom stereocenters. The van der Waals surface area contributed by atoms with Crippen LogP contribution in [0, 0.1) is 5.92 Å². The highest BCUT2D eigenvalue weighted by Crippen LogP contribution is 2.38. The van der Waals surface area contributed by atoms with Crippen molar-refractivity contribution >= 4 is 0 Å². The molecular weight excluding hydrogens is 216 g/mol. The average Bonchev–Trinajstić information content (AvgIpc) is 2.92. The third kappa shape index (κ3) is 2.66. The molecule has 1 aliphatic heterocycles. The Labute approximate surface area is 102 Å². The molecule has 0 bridgehead atoms. The van der Waals surface area contributed by atoms with Gasteiger partial charge in [0.05, 0.1) is 6.54 Å². The molecule has 0 spiro atoms. The first kappa shape index (κ1) is 11.2. The minimum atomic E-state index is 0.586. The van der Waals surface area contributed by atoms with Gasteiger partial charge in [-0.25, -0.2) is 0 Å². The Morgan fingerprint density at radius 2 is 2.29 bits per heavy atom. The van der Waals surface area contributed by atoms with E-state index in [9.17, 15) is 0 Å². The van der Waals surface area contributed by atoms with E-state index < -0.39 is 0 Å². The predicted molar refractivity (Wildman–Crippen MR) is 63.6 cm³/mol. The summed E-state index contributed by atoms with van der Waals surface area (Å²) in [7, 11) is 2.02. The molecule has 3 rings (SSSR count). The van der Waals surface area contributed by atoms with Gasteiger partial charge in [0, 0.05) is 12.5 Å². The predicted octanol–water partition coefficient (Wildman–Crippen LogP) is 0.988. The van der Waals surface area contributed by atoms with Crippen LogP contribution in [-0.2, 0) is 6.54 Å². The maximum Gasteiger partial charge on any atom is 0.240 e. The Bertz CT molecular complexity index is 374. The molecule has 1 saturated carbocycles. The van der Waals surface area contributed by atoms with Crippen molar-refractivity contribution in [1.29, 1.82) is 0 Å². The quantitative estimate of drug-likeness (QED) is 0.826. The van der Waals surface area contributed by atoms with E-state index in [1.165, 1.54) is 19.3 Å². The number of nitrogens with zero attached hydrogens (tertiary/aromatic N) is 3. The molecule has 17 heavy (non-hydrogen) atoms. The van der Waals surface area contributed by atoms with Crippen LogP contribution in [0.25, 0.3) is 0 Å². The Morgan fingerprint density at radius 1 is 1.41 bits per heavy atom. The van der Waals surface area contributed by atoms with Crippen LogP contribution in [0.4, 0.5) is 0 Å². The van der Waals surface area contributed by atoms with Crippen LogP contribution in [0.2, 0.25) is 0 Å². The molecule has 0 radical (unpaired) electrons. The van der Waals surface area contributed by atoms with E-state index in [-0.39, 0.29) is 0 Å². The van der Waals surface area contributed by atoms with Crippen LogP contribution in [0.1, 0.15) is 36.9 Å². The second kappa shape index (κ2) is 4.74. The van der Waals surface area contributed by atoms with Crippen molar-refractivity contribution in [1.82, 2.24) is 20.4 Å². The Hall–Kier alpha value is -0.940. The van der Waals surface area contributed by atoms with Gasteiger partial charge < -0.3 is 9.84 Å². The second-order valence-corrected chi connectivity index (χ2v) is 5.27. The lowest BCUT2D eigenvalue weighted by molar-refractivity contribution is 0.259. The Kier molecular flexibility index (Phi) is 3.11. The van der Waals surface area contributed by atoms with E-state index >= 15 is 0 Å². The normalized spacial score (nSPS) is 25.6. The molecule has 2 heterocycles. The monoisotopic (exact) mass is 236 g/mol. The first-order chi connectivity index (χ1) is 8.35. The van der Waals surface area contributed by atoms with Gasteiger partial charge in [0.1, 0.15) is 0 Å². The number of likely N-dealkylation sites (tertiary alicyclic amines) is 1. The summed E-state index contributed by atoms with van der Waals surface area (Å²) in [6.45, 7) is 4.21. The minimum Gasteiger partial charge on any atom is -0.338 e. The Morgan fingerprint density at radius 3 is 3.06 bits per heavy atom. The molecule has 1 aromatic rings. The summed E-state index contributed by atoms with van der Waals surface area (Å²) in [4.78, 5) is 6.88. The summed E-state index contributed by atoms with van der Waals surface area (Å²) in [5, 5.41) is 7.29. The van der Waals surface area contributed by atoms with Gasteiger partial charge in [-0.2, -0.15) is 4.98 Å². The van der Waals surface area contributed by atoms with Crippen molar-refractivity contribution < 1.29 is 4.52 Å². The van der Waals surface area contributed by atoms with E-state index in [1.54, 1.807) is 0 Å². The van der Waals surface area contributed by atoms with Gasteiger partial charge >= 0.3 is 0 Å². The molecule has 0 aromatic carbocycles. The second-order valence-electron chi connectivity index (χ2n) is 5.27. The van der Waals surface area contributed by atoms with E-state index in [2.05, 4.69) is 20.4 Å². The zero-order valence-electron chi connectivity index (χ0n) is 10.4. The van der Waals surface area contributed by atoms with Gasteiger partial charge in [0.2, 0.25) is 5.89 Å². The summed E-state index contributed by atoms with van der Waals surface area (Å²) in [6.07, 6.45) is 3.73. The minimum absolute atomic E-state index is 0.586. The van der Waals surface area contributed by atoms with Crippen molar-refractivity contribution in [2.24, 2.45) is 5.92 Å². The summed E-state index contributed by atoms with van der Waals surface area (Å²) >= 11 is 0. The lowest BCUT2D eigenvalue weighted by atomic mass is 10.1. The number of hydrogen-bond acceptors (Lipinski definition) is 5. The summed E-state index contributed by atoms with van der Waals surface area (Å²) in [5.41, 5.74) is 0. The standard InChI is InChI=1S/C12H20N4O/c1-13-6-9-4-5-16(7-9)8-11-14-12(15-17-11)10-2-3-10/h9-10,13H,2-8H2,1H3. The molecule has 1 saturated heterocycles. The van der Waals surface area contributed by atoms with Gasteiger partial charge in [-0.3, -0.25) is 4.90 Å². The van der Waals surface area contributed by atoms with Crippen molar-refractivity contribution in [3.05, 3.63) is 11.7 Å². The van der Waals surface area contributed by atoms with Crippen molar-refractivity contribution in [3.8, 4) is 0 Å². The zero-order valence-corrected chi connectivity index (χ0v) is 10.4. The summed E-state index contributed by atoms with van der Waals surface area (Å²) < 4.78 is 5.30. The van der Waals surface area contributed by atoms with Crippen molar-refractivity contribution in [2.45, 2.75) is 31.7 Å². The van der Waals surface area contributed by atoms with Gasteiger partial charge in [0.15, 0.2) is 5.82 Å². The number of rotatable bonds is 5. The molecule has 1 atom stereocenters. The number of hydrogen-bond donors (Lipinski definition) is 1. The van der Waals surface area contributed by atoms with E-state index in [1.807, 2.05) is 7.05 Å². The highest BCUT2D eigenvalue weighted by atomic mass is 16.5. The molecule has 1 N–H and O–H groups in total. The molecular formula is C12H20N4O. The molecule has 2 fully saturated rings. The summed E-state index contributed by atoms with van der Waals surface area (Å²) in [6, 6.07) is 0. The van der Waals surface area contributed by atoms with Crippen LogP contribution in [-0.4, -0.2) is 41.7 Å². The van der Waals surface area contributed by atoms with Crippen molar-refractivity contribution in [2.75, 3.05) is 26.7 Å². The highest BCUT2D eigenvalue weighted by molar-refractivity contribution is 5.03. The fourth-order valence-electron chi connectivity index (χ4n) is 2.54. The van der Waals surface area contributed by atoms with Gasteiger partial charge in [-0.15, -0.1) is 0 Å². The van der Waals surface area contributed by atoms with Gasteiger partial charge in [-0.05, 0) is 45.3 Å². The smallest absolute Gasteiger partial charge is 0.240 e. The van der Waals surface area contributed by atoms with E-state index in [4.69, 9.17) is 4.52 Å². The maximum absolute atomic E-state index is 5.30. The average molecular weight is 236 g/mol. The third-order valence-electron chi connectivity index (χ3n) is 3.65.